The Morgan fingerprint density at radius 1 is 1.35 bits per heavy atom. The molecule has 0 spiro atoms. The van der Waals surface area contributed by atoms with Crippen molar-refractivity contribution < 1.29 is 4.79 Å². The summed E-state index contributed by atoms with van der Waals surface area (Å²) in [4.78, 5) is 12.4. The van der Waals surface area contributed by atoms with Gasteiger partial charge in [0, 0.05) is 41.1 Å². The molecule has 2 aromatic rings. The van der Waals surface area contributed by atoms with Gasteiger partial charge in [-0.3, -0.25) is 4.79 Å². The fourth-order valence-corrected chi connectivity index (χ4v) is 3.91. The molecule has 2 N–H and O–H groups in total. The van der Waals surface area contributed by atoms with Gasteiger partial charge in [-0.15, -0.1) is 0 Å². The second-order valence-corrected chi connectivity index (χ2v) is 6.64. The zero-order chi connectivity index (χ0) is 13.7. The number of hydrogen-bond acceptors (Lipinski definition) is 2. The van der Waals surface area contributed by atoms with Gasteiger partial charge < -0.3 is 15.0 Å². The van der Waals surface area contributed by atoms with Crippen LogP contribution in [0.2, 0.25) is 0 Å². The highest BCUT2D eigenvalue weighted by molar-refractivity contribution is 9.10. The lowest BCUT2D eigenvalue weighted by atomic mass is 10.0. The van der Waals surface area contributed by atoms with Gasteiger partial charge in [0.15, 0.2) is 0 Å². The van der Waals surface area contributed by atoms with Crippen molar-refractivity contribution in [2.75, 3.05) is 6.54 Å². The van der Waals surface area contributed by atoms with Gasteiger partial charge in [0.1, 0.15) is 0 Å². The number of aromatic nitrogens is 1. The summed E-state index contributed by atoms with van der Waals surface area (Å²) in [5.74, 6) is 0.644. The van der Waals surface area contributed by atoms with Crippen LogP contribution in [-0.4, -0.2) is 28.9 Å². The first kappa shape index (κ1) is 12.4. The second-order valence-electron chi connectivity index (χ2n) is 5.79. The number of amides is 1. The van der Waals surface area contributed by atoms with Crippen LogP contribution in [0.5, 0.6) is 0 Å². The molecule has 3 heterocycles. The predicted molar refractivity (Wildman–Crippen MR) is 80.9 cm³/mol. The molecular weight excluding hydrogens is 318 g/mol. The summed E-state index contributed by atoms with van der Waals surface area (Å²) in [6, 6.07) is 6.73. The number of fused-ring (bicyclic) bond motifs is 3. The number of piperidine rings is 1. The monoisotopic (exact) mass is 333 g/mol. The van der Waals surface area contributed by atoms with Gasteiger partial charge in [0.25, 0.3) is 5.91 Å². The molecule has 4 rings (SSSR count). The molecule has 0 radical (unpaired) electrons. The quantitative estimate of drug-likeness (QED) is 0.884. The predicted octanol–water partition coefficient (Wildman–Crippen LogP) is 2.18. The Morgan fingerprint density at radius 3 is 2.95 bits per heavy atom. The van der Waals surface area contributed by atoms with E-state index in [9.17, 15) is 4.79 Å². The van der Waals surface area contributed by atoms with Gasteiger partial charge in [-0.1, -0.05) is 0 Å². The van der Waals surface area contributed by atoms with Crippen molar-refractivity contribution in [1.82, 2.24) is 15.0 Å². The standard InChI is InChI=1S/C15H16BrN3O/c16-12-2-4-19-3-1-9(6-14(12)19)15(20)18-13-7-11-5-10(13)8-17-11/h1-4,6,10-11,13,17H,5,7-8H2,(H,18,20). The van der Waals surface area contributed by atoms with Crippen molar-refractivity contribution in [3.05, 3.63) is 40.6 Å². The summed E-state index contributed by atoms with van der Waals surface area (Å²) in [6.07, 6.45) is 6.17. The van der Waals surface area contributed by atoms with Gasteiger partial charge in [0.05, 0.1) is 5.52 Å². The van der Waals surface area contributed by atoms with E-state index < -0.39 is 0 Å². The molecule has 5 heteroatoms. The molecule has 2 aromatic heterocycles. The molecule has 3 atom stereocenters. The largest absolute Gasteiger partial charge is 0.349 e. The molecule has 104 valence electrons. The van der Waals surface area contributed by atoms with Crippen LogP contribution in [0.3, 0.4) is 0 Å². The molecule has 20 heavy (non-hydrogen) atoms. The molecule has 3 unspecified atom stereocenters. The third-order valence-corrected chi connectivity index (χ3v) is 5.22. The highest BCUT2D eigenvalue weighted by Crippen LogP contribution is 2.31. The Morgan fingerprint density at radius 2 is 2.20 bits per heavy atom. The lowest BCUT2D eigenvalue weighted by molar-refractivity contribution is 0.0925. The van der Waals surface area contributed by atoms with E-state index >= 15 is 0 Å². The molecule has 2 fully saturated rings. The topological polar surface area (TPSA) is 45.5 Å². The Hall–Kier alpha value is -1.33. The highest BCUT2D eigenvalue weighted by atomic mass is 79.9. The van der Waals surface area contributed by atoms with E-state index in [1.807, 2.05) is 35.0 Å². The lowest BCUT2D eigenvalue weighted by Gasteiger charge is -2.23. The van der Waals surface area contributed by atoms with Crippen LogP contribution >= 0.6 is 15.9 Å². The van der Waals surface area contributed by atoms with Crippen molar-refractivity contribution in [2.45, 2.75) is 24.9 Å². The zero-order valence-electron chi connectivity index (χ0n) is 11.0. The zero-order valence-corrected chi connectivity index (χ0v) is 12.6. The van der Waals surface area contributed by atoms with Crippen LogP contribution in [0.25, 0.3) is 5.52 Å². The van der Waals surface area contributed by atoms with E-state index in [0.29, 0.717) is 18.0 Å². The Kier molecular flexibility index (Phi) is 2.86. The molecule has 4 nitrogen and oxygen atoms in total. The molecule has 1 saturated carbocycles. The smallest absolute Gasteiger partial charge is 0.251 e. The first-order chi connectivity index (χ1) is 9.70. The lowest BCUT2D eigenvalue weighted by Crippen LogP contribution is -2.44. The Labute approximate surface area is 125 Å². The molecule has 1 aliphatic carbocycles. The van der Waals surface area contributed by atoms with Crippen LogP contribution in [-0.2, 0) is 0 Å². The SMILES string of the molecule is O=C(NC1CC2CC1CN2)c1ccn2ccc(Br)c2c1. The maximum atomic E-state index is 12.4. The first-order valence-electron chi connectivity index (χ1n) is 7.01. The fourth-order valence-electron chi connectivity index (χ4n) is 3.47. The van der Waals surface area contributed by atoms with Crippen LogP contribution in [0.15, 0.2) is 35.1 Å². The first-order valence-corrected chi connectivity index (χ1v) is 7.80. The number of carbonyl (C=O) groups excluding carboxylic acids is 1. The van der Waals surface area contributed by atoms with Crippen molar-refractivity contribution in [2.24, 2.45) is 5.92 Å². The number of nitrogens with zero attached hydrogens (tertiary/aromatic N) is 1. The molecule has 0 aromatic carbocycles. The number of nitrogens with one attached hydrogen (secondary N) is 2. The van der Waals surface area contributed by atoms with Crippen LogP contribution in [0, 0.1) is 5.92 Å². The molecule has 1 saturated heterocycles. The van der Waals surface area contributed by atoms with Crippen molar-refractivity contribution in [1.29, 1.82) is 0 Å². The third kappa shape index (κ3) is 1.96. The maximum Gasteiger partial charge on any atom is 0.251 e. The summed E-state index contributed by atoms with van der Waals surface area (Å²) in [5, 5.41) is 6.67. The summed E-state index contributed by atoms with van der Waals surface area (Å²) in [6.45, 7) is 1.04. The Bertz CT molecular complexity index is 681. The average molecular weight is 334 g/mol. The van der Waals surface area contributed by atoms with Crippen molar-refractivity contribution >= 4 is 27.4 Å². The second kappa shape index (κ2) is 4.60. The molecular formula is C15H16BrN3O. The van der Waals surface area contributed by atoms with Gasteiger partial charge in [-0.25, -0.2) is 0 Å². The third-order valence-electron chi connectivity index (χ3n) is 4.55. The van der Waals surface area contributed by atoms with Crippen LogP contribution in [0.4, 0.5) is 0 Å². The fraction of sp³-hybridized carbons (Fsp3) is 0.400. The van der Waals surface area contributed by atoms with E-state index in [0.717, 1.165) is 28.5 Å². The summed E-state index contributed by atoms with van der Waals surface area (Å²) in [7, 11) is 0. The number of carbonyl (C=O) groups is 1. The van der Waals surface area contributed by atoms with E-state index in [-0.39, 0.29) is 5.91 Å². The minimum atomic E-state index is 0.0400. The number of hydrogen-bond donors (Lipinski definition) is 2. The molecule has 2 bridgehead atoms. The summed E-state index contributed by atoms with van der Waals surface area (Å²) in [5.41, 5.74) is 1.75. The molecule has 1 amide bonds. The van der Waals surface area contributed by atoms with E-state index in [1.165, 1.54) is 6.42 Å². The highest BCUT2D eigenvalue weighted by Gasteiger charge is 2.40. The van der Waals surface area contributed by atoms with Gasteiger partial charge in [-0.2, -0.15) is 0 Å². The minimum absolute atomic E-state index is 0.0400. The van der Waals surface area contributed by atoms with E-state index in [2.05, 4.69) is 26.6 Å². The number of rotatable bonds is 2. The van der Waals surface area contributed by atoms with E-state index in [4.69, 9.17) is 0 Å². The Balaban J connectivity index is 1.56. The van der Waals surface area contributed by atoms with Gasteiger partial charge in [-0.05, 0) is 52.9 Å². The molecule has 1 aliphatic heterocycles. The van der Waals surface area contributed by atoms with Crippen molar-refractivity contribution in [3.8, 4) is 0 Å². The van der Waals surface area contributed by atoms with E-state index in [1.54, 1.807) is 0 Å². The van der Waals surface area contributed by atoms with Gasteiger partial charge in [0.2, 0.25) is 0 Å². The average Bonchev–Trinajstić information content (AvgIpc) is 3.15. The minimum Gasteiger partial charge on any atom is -0.349 e. The summed E-state index contributed by atoms with van der Waals surface area (Å²) < 4.78 is 3.01. The van der Waals surface area contributed by atoms with Crippen LogP contribution < -0.4 is 10.6 Å². The maximum absolute atomic E-state index is 12.4. The van der Waals surface area contributed by atoms with Crippen molar-refractivity contribution in [3.63, 3.8) is 0 Å². The number of pyridine rings is 1. The van der Waals surface area contributed by atoms with Crippen LogP contribution in [0.1, 0.15) is 23.2 Å². The summed E-state index contributed by atoms with van der Waals surface area (Å²) >= 11 is 3.50. The number of halogens is 1. The normalized spacial score (nSPS) is 28.1. The molecule has 2 aliphatic rings. The van der Waals surface area contributed by atoms with Gasteiger partial charge >= 0.3 is 0 Å².